The van der Waals surface area contributed by atoms with Crippen LogP contribution in [-0.2, 0) is 13.5 Å². The van der Waals surface area contributed by atoms with Gasteiger partial charge in [0.2, 0.25) is 0 Å². The van der Waals surface area contributed by atoms with E-state index in [1.165, 1.54) is 10.1 Å². The summed E-state index contributed by atoms with van der Waals surface area (Å²) in [7, 11) is 1.69. The van der Waals surface area contributed by atoms with Crippen molar-refractivity contribution in [2.45, 2.75) is 18.7 Å². The largest absolute Gasteiger partial charge is 0.419 e. The van der Waals surface area contributed by atoms with Crippen LogP contribution in [-0.4, -0.2) is 4.57 Å². The third-order valence-corrected chi connectivity index (χ3v) is 5.12. The van der Waals surface area contributed by atoms with Crippen molar-refractivity contribution in [3.63, 3.8) is 0 Å². The van der Waals surface area contributed by atoms with Gasteiger partial charge in [0.1, 0.15) is 0 Å². The van der Waals surface area contributed by atoms with E-state index in [2.05, 4.69) is 18.4 Å². The van der Waals surface area contributed by atoms with Gasteiger partial charge in [-0.1, -0.05) is 13.0 Å². The van der Waals surface area contributed by atoms with Gasteiger partial charge in [-0.25, -0.2) is 4.79 Å². The van der Waals surface area contributed by atoms with Gasteiger partial charge in [0.05, 0.1) is 10.9 Å². The maximum atomic E-state index is 11.5. The average molecular weight is 308 g/mol. The predicted octanol–water partition coefficient (Wildman–Crippen LogP) is 4.08. The minimum Gasteiger partial charge on any atom is -0.408 e. The zero-order chi connectivity index (χ0) is 14.3. The van der Waals surface area contributed by atoms with Gasteiger partial charge in [-0.05, 0) is 41.1 Å². The van der Waals surface area contributed by atoms with E-state index in [9.17, 15) is 4.79 Å². The Hall–Kier alpha value is -1.52. The predicted molar refractivity (Wildman–Crippen MR) is 82.8 cm³/mol. The number of benzene rings is 1. The van der Waals surface area contributed by atoms with Crippen LogP contribution in [0.4, 0.5) is 0 Å². The van der Waals surface area contributed by atoms with E-state index >= 15 is 0 Å². The Labute approximate surface area is 125 Å². The number of alkyl halides is 1. The molecule has 0 saturated carbocycles. The number of hydrogen-bond donors (Lipinski definition) is 0. The molecule has 0 amide bonds. The molecule has 0 radical (unpaired) electrons. The van der Waals surface area contributed by atoms with E-state index < -0.39 is 0 Å². The van der Waals surface area contributed by atoms with Crippen LogP contribution in [0.1, 0.15) is 28.3 Å². The molecule has 0 aliphatic rings. The average Bonchev–Trinajstić information content (AvgIpc) is 3.03. The van der Waals surface area contributed by atoms with Crippen molar-refractivity contribution >= 4 is 34.0 Å². The minimum atomic E-state index is -0.353. The Morgan fingerprint density at radius 2 is 2.20 bits per heavy atom. The van der Waals surface area contributed by atoms with Crippen molar-refractivity contribution in [3.05, 3.63) is 56.2 Å². The number of thiophene rings is 1. The molecule has 1 atom stereocenters. The maximum Gasteiger partial charge on any atom is 0.419 e. The first-order chi connectivity index (χ1) is 9.61. The van der Waals surface area contributed by atoms with Crippen LogP contribution in [0.25, 0.3) is 11.1 Å². The first-order valence-corrected chi connectivity index (χ1v) is 7.73. The molecule has 0 N–H and O–H groups in total. The Bertz CT molecular complexity index is 815. The Kier molecular flexibility index (Phi) is 3.44. The molecule has 3 aromatic rings. The third-order valence-electron chi connectivity index (χ3n) is 3.50. The summed E-state index contributed by atoms with van der Waals surface area (Å²) in [5.74, 6) is -0.353. The van der Waals surface area contributed by atoms with E-state index in [0.717, 1.165) is 22.4 Å². The van der Waals surface area contributed by atoms with E-state index in [-0.39, 0.29) is 11.1 Å². The van der Waals surface area contributed by atoms with Crippen molar-refractivity contribution in [1.82, 2.24) is 4.57 Å². The molecule has 0 aliphatic heterocycles. The smallest absolute Gasteiger partial charge is 0.408 e. The molecule has 1 unspecified atom stereocenters. The topological polar surface area (TPSA) is 35.1 Å². The fourth-order valence-electron chi connectivity index (χ4n) is 2.32. The van der Waals surface area contributed by atoms with Gasteiger partial charge >= 0.3 is 5.76 Å². The summed E-state index contributed by atoms with van der Waals surface area (Å²) in [5, 5.41) is 1.85. The molecule has 3 nitrogen and oxygen atoms in total. The highest BCUT2D eigenvalue weighted by Gasteiger charge is 2.17. The molecule has 104 valence electrons. The second kappa shape index (κ2) is 5.11. The lowest BCUT2D eigenvalue weighted by atomic mass is 10.1. The molecule has 3 rings (SSSR count). The number of halogens is 1. The van der Waals surface area contributed by atoms with Crippen molar-refractivity contribution < 1.29 is 4.42 Å². The van der Waals surface area contributed by atoms with Gasteiger partial charge in [-0.15, -0.1) is 22.9 Å². The van der Waals surface area contributed by atoms with Crippen molar-refractivity contribution in [2.24, 2.45) is 7.05 Å². The normalized spacial score (nSPS) is 12.9. The van der Waals surface area contributed by atoms with Crippen LogP contribution < -0.4 is 5.76 Å². The molecule has 20 heavy (non-hydrogen) atoms. The summed E-state index contributed by atoms with van der Waals surface area (Å²) in [5.41, 5.74) is 3.58. The quantitative estimate of drug-likeness (QED) is 0.683. The maximum absolute atomic E-state index is 11.5. The van der Waals surface area contributed by atoms with Gasteiger partial charge in [-0.2, -0.15) is 0 Å². The number of aryl methyl sites for hydroxylation is 2. The second-order valence-corrected chi connectivity index (χ2v) is 6.06. The fourth-order valence-corrected chi connectivity index (χ4v) is 3.75. The number of hydrogen-bond acceptors (Lipinski definition) is 3. The number of rotatable bonds is 3. The summed E-state index contributed by atoms with van der Waals surface area (Å²) >= 11 is 8.25. The van der Waals surface area contributed by atoms with E-state index in [0.29, 0.717) is 5.58 Å². The van der Waals surface area contributed by atoms with Crippen LogP contribution in [0.3, 0.4) is 0 Å². The number of fused-ring (bicyclic) bond motifs is 1. The van der Waals surface area contributed by atoms with E-state index in [1.54, 1.807) is 18.4 Å². The lowest BCUT2D eigenvalue weighted by Crippen LogP contribution is -2.08. The van der Waals surface area contributed by atoms with Gasteiger partial charge < -0.3 is 4.42 Å². The molecule has 1 aromatic carbocycles. The molecule has 0 fully saturated rings. The van der Waals surface area contributed by atoms with Gasteiger partial charge in [0, 0.05) is 11.9 Å². The Balaban J connectivity index is 2.08. The van der Waals surface area contributed by atoms with Crippen LogP contribution in [0, 0.1) is 0 Å². The summed E-state index contributed by atoms with van der Waals surface area (Å²) in [6.07, 6.45) is 0.963. The molecule has 5 heteroatoms. The molecular formula is C15H14ClNO2S. The van der Waals surface area contributed by atoms with Crippen LogP contribution in [0.2, 0.25) is 0 Å². The standard InChI is InChI=1S/C15H14ClNO2S/c1-3-9-6-7-20-14(9)13(16)10-4-5-11-12(8-10)19-15(18)17(11)2/h4-8,13H,3H2,1-2H3. The lowest BCUT2D eigenvalue weighted by molar-refractivity contribution is 0.528. The van der Waals surface area contributed by atoms with Crippen LogP contribution >= 0.6 is 22.9 Å². The highest BCUT2D eigenvalue weighted by atomic mass is 35.5. The molecule has 2 aromatic heterocycles. The molecule has 0 spiro atoms. The Morgan fingerprint density at radius 1 is 1.40 bits per heavy atom. The number of oxazole rings is 1. The zero-order valence-corrected chi connectivity index (χ0v) is 12.8. The fraction of sp³-hybridized carbons (Fsp3) is 0.267. The zero-order valence-electron chi connectivity index (χ0n) is 11.2. The minimum absolute atomic E-state index is 0.208. The highest BCUT2D eigenvalue weighted by molar-refractivity contribution is 7.10. The number of nitrogens with zero attached hydrogens (tertiary/aromatic N) is 1. The van der Waals surface area contributed by atoms with Crippen LogP contribution in [0.5, 0.6) is 0 Å². The summed E-state index contributed by atoms with van der Waals surface area (Å²) in [4.78, 5) is 12.7. The van der Waals surface area contributed by atoms with E-state index in [4.69, 9.17) is 16.0 Å². The summed E-state index contributed by atoms with van der Waals surface area (Å²) < 4.78 is 6.71. The molecule has 0 aliphatic carbocycles. The highest BCUT2D eigenvalue weighted by Crippen LogP contribution is 2.36. The lowest BCUT2D eigenvalue weighted by Gasteiger charge is -2.10. The molecule has 0 bridgehead atoms. The van der Waals surface area contributed by atoms with Crippen molar-refractivity contribution in [3.8, 4) is 0 Å². The van der Waals surface area contributed by atoms with Gasteiger partial charge in [-0.3, -0.25) is 4.57 Å². The Morgan fingerprint density at radius 3 is 2.95 bits per heavy atom. The van der Waals surface area contributed by atoms with E-state index in [1.807, 2.05) is 18.2 Å². The van der Waals surface area contributed by atoms with Gasteiger partial charge in [0.15, 0.2) is 5.58 Å². The summed E-state index contributed by atoms with van der Waals surface area (Å²) in [6.45, 7) is 2.12. The summed E-state index contributed by atoms with van der Waals surface area (Å²) in [6, 6.07) is 7.79. The first kappa shape index (κ1) is 13.5. The number of aromatic nitrogens is 1. The third kappa shape index (κ3) is 2.09. The molecule has 2 heterocycles. The SMILES string of the molecule is CCc1ccsc1C(Cl)c1ccc2c(c1)oc(=O)n2C. The molecule has 0 saturated heterocycles. The molecular weight excluding hydrogens is 294 g/mol. The monoisotopic (exact) mass is 307 g/mol. The first-order valence-electron chi connectivity index (χ1n) is 6.41. The van der Waals surface area contributed by atoms with Crippen molar-refractivity contribution in [1.29, 1.82) is 0 Å². The van der Waals surface area contributed by atoms with Crippen LogP contribution in [0.15, 0.2) is 38.9 Å². The van der Waals surface area contributed by atoms with Gasteiger partial charge in [0.25, 0.3) is 0 Å². The second-order valence-electron chi connectivity index (χ2n) is 4.68. The van der Waals surface area contributed by atoms with Crippen molar-refractivity contribution in [2.75, 3.05) is 0 Å².